The SMILES string of the molecule is CCc1nc(C)c(C(C(=O)O)C(C)C)s1. The molecule has 0 spiro atoms. The fourth-order valence-corrected chi connectivity index (χ4v) is 2.88. The van der Waals surface area contributed by atoms with Crippen molar-refractivity contribution in [1.29, 1.82) is 0 Å². The number of aryl methyl sites for hydroxylation is 2. The van der Waals surface area contributed by atoms with Gasteiger partial charge in [0.1, 0.15) is 0 Å². The van der Waals surface area contributed by atoms with Crippen molar-refractivity contribution in [2.45, 2.75) is 40.0 Å². The molecule has 1 aromatic heterocycles. The lowest BCUT2D eigenvalue weighted by molar-refractivity contribution is -0.139. The molecule has 1 N–H and O–H groups in total. The van der Waals surface area contributed by atoms with E-state index in [1.807, 2.05) is 27.7 Å². The Labute approximate surface area is 94.2 Å². The summed E-state index contributed by atoms with van der Waals surface area (Å²) in [4.78, 5) is 16.5. The third-order valence-corrected chi connectivity index (χ3v) is 3.78. The summed E-state index contributed by atoms with van der Waals surface area (Å²) in [6.45, 7) is 7.80. The zero-order chi connectivity index (χ0) is 11.6. The minimum Gasteiger partial charge on any atom is -0.481 e. The molecule has 1 unspecified atom stereocenters. The lowest BCUT2D eigenvalue weighted by Crippen LogP contribution is -2.17. The van der Waals surface area contributed by atoms with E-state index >= 15 is 0 Å². The minimum atomic E-state index is -0.751. The van der Waals surface area contributed by atoms with Crippen molar-refractivity contribution in [1.82, 2.24) is 4.98 Å². The molecule has 0 aliphatic heterocycles. The first kappa shape index (κ1) is 12.2. The first-order valence-electron chi connectivity index (χ1n) is 5.16. The van der Waals surface area contributed by atoms with E-state index < -0.39 is 11.9 Å². The summed E-state index contributed by atoms with van der Waals surface area (Å²) in [7, 11) is 0. The number of aliphatic carboxylic acids is 1. The number of aromatic nitrogens is 1. The molecule has 1 atom stereocenters. The summed E-state index contributed by atoms with van der Waals surface area (Å²) in [5, 5.41) is 10.2. The van der Waals surface area contributed by atoms with Gasteiger partial charge in [0.05, 0.1) is 16.6 Å². The van der Waals surface area contributed by atoms with Gasteiger partial charge in [0.2, 0.25) is 0 Å². The van der Waals surface area contributed by atoms with Gasteiger partial charge in [-0.2, -0.15) is 0 Å². The highest BCUT2D eigenvalue weighted by atomic mass is 32.1. The zero-order valence-electron chi connectivity index (χ0n) is 9.57. The zero-order valence-corrected chi connectivity index (χ0v) is 10.4. The van der Waals surface area contributed by atoms with Crippen molar-refractivity contribution in [3.8, 4) is 0 Å². The fourth-order valence-electron chi connectivity index (χ4n) is 1.61. The molecule has 3 nitrogen and oxygen atoms in total. The molecule has 0 aliphatic rings. The third kappa shape index (κ3) is 2.56. The quantitative estimate of drug-likeness (QED) is 0.860. The van der Waals surface area contributed by atoms with Crippen molar-refractivity contribution in [3.05, 3.63) is 15.6 Å². The first-order chi connectivity index (χ1) is 6.97. The van der Waals surface area contributed by atoms with Gasteiger partial charge in [-0.15, -0.1) is 11.3 Å². The Morgan fingerprint density at radius 1 is 1.53 bits per heavy atom. The number of carboxylic acids is 1. The van der Waals surface area contributed by atoms with E-state index in [1.165, 1.54) is 11.3 Å². The van der Waals surface area contributed by atoms with Gasteiger partial charge in [0, 0.05) is 4.88 Å². The molecule has 1 heterocycles. The summed E-state index contributed by atoms with van der Waals surface area (Å²) in [5.74, 6) is -1.06. The molecule has 0 fully saturated rings. The van der Waals surface area contributed by atoms with Crippen molar-refractivity contribution >= 4 is 17.3 Å². The highest BCUT2D eigenvalue weighted by Crippen LogP contribution is 2.32. The second-order valence-corrected chi connectivity index (χ2v) is 5.09. The molecule has 0 bridgehead atoms. The Morgan fingerprint density at radius 2 is 2.13 bits per heavy atom. The van der Waals surface area contributed by atoms with E-state index in [-0.39, 0.29) is 5.92 Å². The van der Waals surface area contributed by atoms with Gasteiger partial charge in [-0.05, 0) is 19.3 Å². The van der Waals surface area contributed by atoms with Crippen LogP contribution in [-0.4, -0.2) is 16.1 Å². The summed E-state index contributed by atoms with van der Waals surface area (Å²) in [6, 6.07) is 0. The topological polar surface area (TPSA) is 50.2 Å². The van der Waals surface area contributed by atoms with Gasteiger partial charge in [0.25, 0.3) is 0 Å². The number of hydrogen-bond donors (Lipinski definition) is 1. The smallest absolute Gasteiger partial charge is 0.312 e. The van der Waals surface area contributed by atoms with Crippen LogP contribution in [-0.2, 0) is 11.2 Å². The van der Waals surface area contributed by atoms with Crippen LogP contribution < -0.4 is 0 Å². The molecular weight excluding hydrogens is 210 g/mol. The molecule has 0 saturated heterocycles. The lowest BCUT2D eigenvalue weighted by atomic mass is 9.93. The number of hydrogen-bond acceptors (Lipinski definition) is 3. The highest BCUT2D eigenvalue weighted by Gasteiger charge is 2.27. The summed E-state index contributed by atoms with van der Waals surface area (Å²) in [5.41, 5.74) is 0.873. The van der Waals surface area contributed by atoms with Crippen LogP contribution >= 0.6 is 11.3 Å². The van der Waals surface area contributed by atoms with Crippen molar-refractivity contribution in [2.24, 2.45) is 5.92 Å². The van der Waals surface area contributed by atoms with Crippen LogP contribution in [0.2, 0.25) is 0 Å². The Bertz CT molecular complexity index is 357. The standard InChI is InChI=1S/C11H17NO2S/c1-5-8-12-7(4)10(15-8)9(6(2)3)11(13)14/h6,9H,5H2,1-4H3,(H,13,14). The van der Waals surface area contributed by atoms with Crippen LogP contribution in [0.15, 0.2) is 0 Å². The van der Waals surface area contributed by atoms with E-state index in [0.717, 1.165) is 22.0 Å². The van der Waals surface area contributed by atoms with Crippen molar-refractivity contribution in [2.75, 3.05) is 0 Å². The average molecular weight is 227 g/mol. The van der Waals surface area contributed by atoms with Crippen LogP contribution in [0.25, 0.3) is 0 Å². The van der Waals surface area contributed by atoms with E-state index in [2.05, 4.69) is 4.98 Å². The molecule has 0 aliphatic carbocycles. The summed E-state index contributed by atoms with van der Waals surface area (Å²) >= 11 is 1.53. The summed E-state index contributed by atoms with van der Waals surface area (Å²) in [6.07, 6.45) is 0.871. The molecule has 1 aromatic rings. The molecule has 1 rings (SSSR count). The number of nitrogens with zero attached hydrogens (tertiary/aromatic N) is 1. The van der Waals surface area contributed by atoms with Gasteiger partial charge in [-0.1, -0.05) is 20.8 Å². The largest absolute Gasteiger partial charge is 0.481 e. The predicted molar refractivity (Wildman–Crippen MR) is 61.4 cm³/mol. The molecule has 0 amide bonds. The molecular formula is C11H17NO2S. The molecule has 84 valence electrons. The Morgan fingerprint density at radius 3 is 2.47 bits per heavy atom. The molecule has 15 heavy (non-hydrogen) atoms. The maximum Gasteiger partial charge on any atom is 0.312 e. The highest BCUT2D eigenvalue weighted by molar-refractivity contribution is 7.12. The van der Waals surface area contributed by atoms with Crippen LogP contribution in [0.1, 0.15) is 42.3 Å². The maximum atomic E-state index is 11.2. The van der Waals surface area contributed by atoms with Gasteiger partial charge in [0.15, 0.2) is 0 Å². The number of thiazole rings is 1. The summed E-state index contributed by atoms with van der Waals surface area (Å²) < 4.78 is 0. The lowest BCUT2D eigenvalue weighted by Gasteiger charge is -2.14. The second-order valence-electron chi connectivity index (χ2n) is 3.97. The van der Waals surface area contributed by atoms with Gasteiger partial charge < -0.3 is 5.11 Å². The molecule has 0 radical (unpaired) electrons. The fraction of sp³-hybridized carbons (Fsp3) is 0.636. The van der Waals surface area contributed by atoms with E-state index in [4.69, 9.17) is 0 Å². The third-order valence-electron chi connectivity index (χ3n) is 2.39. The van der Waals surface area contributed by atoms with Crippen LogP contribution in [0, 0.1) is 12.8 Å². The van der Waals surface area contributed by atoms with Crippen molar-refractivity contribution < 1.29 is 9.90 Å². The van der Waals surface area contributed by atoms with Crippen LogP contribution in [0.4, 0.5) is 0 Å². The number of carboxylic acid groups (broad SMARTS) is 1. The maximum absolute atomic E-state index is 11.2. The normalized spacial score (nSPS) is 13.1. The Hall–Kier alpha value is -0.900. The van der Waals surface area contributed by atoms with E-state index in [1.54, 1.807) is 0 Å². The Kier molecular flexibility index (Phi) is 3.85. The van der Waals surface area contributed by atoms with Gasteiger partial charge >= 0.3 is 5.97 Å². The first-order valence-corrected chi connectivity index (χ1v) is 5.98. The molecule has 4 heteroatoms. The molecule has 0 aromatic carbocycles. The van der Waals surface area contributed by atoms with Gasteiger partial charge in [-0.3, -0.25) is 4.79 Å². The van der Waals surface area contributed by atoms with E-state index in [9.17, 15) is 9.90 Å². The van der Waals surface area contributed by atoms with Crippen molar-refractivity contribution in [3.63, 3.8) is 0 Å². The number of carbonyl (C=O) groups is 1. The average Bonchev–Trinajstić information content (AvgIpc) is 2.46. The number of rotatable bonds is 4. The van der Waals surface area contributed by atoms with Gasteiger partial charge in [-0.25, -0.2) is 4.98 Å². The second kappa shape index (κ2) is 4.75. The predicted octanol–water partition coefficient (Wildman–Crippen LogP) is 2.84. The minimum absolute atomic E-state index is 0.103. The van der Waals surface area contributed by atoms with Crippen LogP contribution in [0.5, 0.6) is 0 Å². The molecule has 0 saturated carbocycles. The Balaban J connectivity index is 3.10. The van der Waals surface area contributed by atoms with E-state index in [0.29, 0.717) is 0 Å². The van der Waals surface area contributed by atoms with Crippen LogP contribution in [0.3, 0.4) is 0 Å². The monoisotopic (exact) mass is 227 g/mol.